The lowest BCUT2D eigenvalue weighted by Gasteiger charge is -2.22. The van der Waals surface area contributed by atoms with Crippen molar-refractivity contribution in [3.63, 3.8) is 0 Å². The van der Waals surface area contributed by atoms with Crippen LogP contribution < -0.4 is 10.5 Å². The lowest BCUT2D eigenvalue weighted by Crippen LogP contribution is -2.36. The molecule has 1 saturated heterocycles. The van der Waals surface area contributed by atoms with Gasteiger partial charge >= 0.3 is 0 Å². The van der Waals surface area contributed by atoms with E-state index >= 15 is 0 Å². The van der Waals surface area contributed by atoms with E-state index < -0.39 is 0 Å². The molecule has 2 N–H and O–H groups in total. The number of amides is 2. The average Bonchev–Trinajstić information content (AvgIpc) is 2.72. The van der Waals surface area contributed by atoms with E-state index in [-0.39, 0.29) is 11.8 Å². The Kier molecular flexibility index (Phi) is 4.67. The fraction of sp³-hybridized carbons (Fsp3) is 0.467. The van der Waals surface area contributed by atoms with Crippen molar-refractivity contribution in [1.29, 1.82) is 0 Å². The second-order valence-electron chi connectivity index (χ2n) is 5.11. The Balaban J connectivity index is 2.11. The molecule has 6 nitrogen and oxygen atoms in total. The Labute approximate surface area is 124 Å². The van der Waals surface area contributed by atoms with Crippen molar-refractivity contribution >= 4 is 17.5 Å². The van der Waals surface area contributed by atoms with Crippen LogP contribution >= 0.6 is 0 Å². The molecule has 0 spiro atoms. The van der Waals surface area contributed by atoms with Crippen LogP contribution in [0, 0.1) is 0 Å². The lowest BCUT2D eigenvalue weighted by atomic mass is 10.1. The van der Waals surface area contributed by atoms with Crippen molar-refractivity contribution < 1.29 is 14.3 Å². The summed E-state index contributed by atoms with van der Waals surface area (Å²) in [6.45, 7) is 3.98. The highest BCUT2D eigenvalue weighted by molar-refractivity contribution is 5.99. The molecule has 1 aromatic carbocycles. The van der Waals surface area contributed by atoms with Gasteiger partial charge in [-0.3, -0.25) is 9.59 Å². The monoisotopic (exact) mass is 291 g/mol. The molecule has 0 bridgehead atoms. The van der Waals surface area contributed by atoms with E-state index in [1.54, 1.807) is 42.0 Å². The van der Waals surface area contributed by atoms with Gasteiger partial charge in [-0.15, -0.1) is 0 Å². The number of benzene rings is 1. The Bertz CT molecular complexity index is 545. The summed E-state index contributed by atoms with van der Waals surface area (Å²) < 4.78 is 5.09. The number of nitrogen functional groups attached to an aromatic ring is 1. The number of hydrogen-bond acceptors (Lipinski definition) is 4. The Morgan fingerprint density at radius 2 is 1.81 bits per heavy atom. The third kappa shape index (κ3) is 3.45. The molecule has 0 aromatic heterocycles. The van der Waals surface area contributed by atoms with Gasteiger partial charge in [-0.05, 0) is 18.6 Å². The molecule has 1 aliphatic heterocycles. The Hall–Kier alpha value is -2.24. The molecule has 1 fully saturated rings. The van der Waals surface area contributed by atoms with Gasteiger partial charge in [0.1, 0.15) is 5.75 Å². The Morgan fingerprint density at radius 1 is 1.14 bits per heavy atom. The number of nitrogens with two attached hydrogens (primary N) is 1. The van der Waals surface area contributed by atoms with Crippen LogP contribution in [0.2, 0.25) is 0 Å². The minimum atomic E-state index is -0.0967. The molecule has 1 heterocycles. The average molecular weight is 291 g/mol. The van der Waals surface area contributed by atoms with Crippen molar-refractivity contribution in [3.05, 3.63) is 23.8 Å². The third-order valence-corrected chi connectivity index (χ3v) is 3.72. The van der Waals surface area contributed by atoms with Crippen molar-refractivity contribution in [1.82, 2.24) is 9.80 Å². The zero-order valence-electron chi connectivity index (χ0n) is 12.5. The summed E-state index contributed by atoms with van der Waals surface area (Å²) in [6, 6.07) is 5.06. The van der Waals surface area contributed by atoms with E-state index in [1.165, 1.54) is 0 Å². The molecular weight excluding hydrogens is 270 g/mol. The standard InChI is InChI=1S/C15H21N3O3/c1-11(19)17-6-3-7-18(9-8-17)15(20)13-5-4-12(21-2)10-14(13)16/h4-5,10H,3,6-9,16H2,1-2H3. The van der Waals surface area contributed by atoms with E-state index in [0.29, 0.717) is 43.2 Å². The summed E-state index contributed by atoms with van der Waals surface area (Å²) in [6.07, 6.45) is 0.779. The largest absolute Gasteiger partial charge is 0.497 e. The number of ether oxygens (including phenoxy) is 1. The van der Waals surface area contributed by atoms with Gasteiger partial charge in [0.05, 0.1) is 12.7 Å². The summed E-state index contributed by atoms with van der Waals surface area (Å²) in [5, 5.41) is 0. The van der Waals surface area contributed by atoms with Crippen LogP contribution in [0.3, 0.4) is 0 Å². The molecule has 2 amide bonds. The summed E-state index contributed by atoms with van der Waals surface area (Å²) in [5.41, 5.74) is 6.82. The zero-order valence-corrected chi connectivity index (χ0v) is 12.5. The summed E-state index contributed by atoms with van der Waals surface area (Å²) in [4.78, 5) is 27.5. The number of carbonyl (C=O) groups is 2. The topological polar surface area (TPSA) is 75.9 Å². The molecule has 1 aliphatic rings. The van der Waals surface area contributed by atoms with Gasteiger partial charge in [-0.2, -0.15) is 0 Å². The van der Waals surface area contributed by atoms with Crippen LogP contribution in [0.25, 0.3) is 0 Å². The first-order chi connectivity index (χ1) is 10.0. The van der Waals surface area contributed by atoms with Gasteiger partial charge in [0.15, 0.2) is 0 Å². The number of rotatable bonds is 2. The van der Waals surface area contributed by atoms with Crippen LogP contribution in [0.1, 0.15) is 23.7 Å². The highest BCUT2D eigenvalue weighted by Crippen LogP contribution is 2.21. The van der Waals surface area contributed by atoms with Gasteiger partial charge in [-0.25, -0.2) is 0 Å². The minimum absolute atomic E-state index is 0.0493. The molecule has 6 heteroatoms. The number of carbonyl (C=O) groups excluding carboxylic acids is 2. The first kappa shape index (κ1) is 15.2. The molecule has 0 aliphatic carbocycles. The number of hydrogen-bond donors (Lipinski definition) is 1. The lowest BCUT2D eigenvalue weighted by molar-refractivity contribution is -0.128. The van der Waals surface area contributed by atoms with Crippen LogP contribution in [-0.4, -0.2) is 54.9 Å². The van der Waals surface area contributed by atoms with E-state index in [9.17, 15) is 9.59 Å². The molecule has 1 aromatic rings. The zero-order chi connectivity index (χ0) is 15.4. The number of nitrogens with zero attached hydrogens (tertiary/aromatic N) is 2. The minimum Gasteiger partial charge on any atom is -0.497 e. The molecule has 114 valence electrons. The van der Waals surface area contributed by atoms with Crippen LogP contribution in [-0.2, 0) is 4.79 Å². The molecule has 0 unspecified atom stereocenters. The fourth-order valence-corrected chi connectivity index (χ4v) is 2.47. The first-order valence-electron chi connectivity index (χ1n) is 7.01. The highest BCUT2D eigenvalue weighted by atomic mass is 16.5. The van der Waals surface area contributed by atoms with Gasteiger partial charge in [0, 0.05) is 44.9 Å². The van der Waals surface area contributed by atoms with Gasteiger partial charge in [-0.1, -0.05) is 0 Å². The molecule has 2 rings (SSSR count). The summed E-state index contributed by atoms with van der Waals surface area (Å²) in [5.74, 6) is 0.580. The molecule has 21 heavy (non-hydrogen) atoms. The van der Waals surface area contributed by atoms with Gasteiger partial charge < -0.3 is 20.3 Å². The summed E-state index contributed by atoms with van der Waals surface area (Å²) in [7, 11) is 1.56. The maximum atomic E-state index is 12.6. The third-order valence-electron chi connectivity index (χ3n) is 3.72. The number of methoxy groups -OCH3 is 1. The normalized spacial score (nSPS) is 15.5. The van der Waals surface area contributed by atoms with E-state index in [2.05, 4.69) is 0 Å². The van der Waals surface area contributed by atoms with Crippen molar-refractivity contribution in [2.45, 2.75) is 13.3 Å². The van der Waals surface area contributed by atoms with Crippen molar-refractivity contribution in [2.75, 3.05) is 39.0 Å². The smallest absolute Gasteiger partial charge is 0.256 e. The second-order valence-corrected chi connectivity index (χ2v) is 5.11. The van der Waals surface area contributed by atoms with Crippen molar-refractivity contribution in [2.24, 2.45) is 0 Å². The van der Waals surface area contributed by atoms with Crippen LogP contribution in [0.15, 0.2) is 18.2 Å². The predicted octanol–water partition coefficient (Wildman–Crippen LogP) is 0.972. The van der Waals surface area contributed by atoms with Crippen LogP contribution in [0.5, 0.6) is 5.75 Å². The van der Waals surface area contributed by atoms with Gasteiger partial charge in [0.2, 0.25) is 5.91 Å². The maximum absolute atomic E-state index is 12.6. The summed E-state index contributed by atoms with van der Waals surface area (Å²) >= 11 is 0. The predicted molar refractivity (Wildman–Crippen MR) is 80.2 cm³/mol. The van der Waals surface area contributed by atoms with E-state index in [0.717, 1.165) is 6.42 Å². The molecule has 0 radical (unpaired) electrons. The maximum Gasteiger partial charge on any atom is 0.256 e. The quantitative estimate of drug-likeness (QED) is 0.824. The molecular formula is C15H21N3O3. The van der Waals surface area contributed by atoms with Gasteiger partial charge in [0.25, 0.3) is 5.91 Å². The van der Waals surface area contributed by atoms with Crippen molar-refractivity contribution in [3.8, 4) is 5.75 Å². The highest BCUT2D eigenvalue weighted by Gasteiger charge is 2.22. The fourth-order valence-electron chi connectivity index (χ4n) is 2.47. The molecule has 0 saturated carbocycles. The van der Waals surface area contributed by atoms with E-state index in [4.69, 9.17) is 10.5 Å². The first-order valence-corrected chi connectivity index (χ1v) is 7.01. The second kappa shape index (κ2) is 6.47. The van der Waals surface area contributed by atoms with E-state index in [1.807, 2.05) is 0 Å². The Morgan fingerprint density at radius 3 is 2.43 bits per heavy atom. The molecule has 0 atom stereocenters. The SMILES string of the molecule is COc1ccc(C(=O)N2CCCN(C(C)=O)CC2)c(N)c1. The number of anilines is 1. The van der Waals surface area contributed by atoms with Crippen LogP contribution in [0.4, 0.5) is 5.69 Å².